The molecule has 4 nitrogen and oxygen atoms in total. The third kappa shape index (κ3) is 3.92. The second kappa shape index (κ2) is 8.81. The van der Waals surface area contributed by atoms with Crippen LogP contribution in [-0.4, -0.2) is 15.6 Å². The Kier molecular flexibility index (Phi) is 5.73. The van der Waals surface area contributed by atoms with E-state index in [1.165, 1.54) is 11.1 Å². The van der Waals surface area contributed by atoms with E-state index < -0.39 is 5.97 Å². The Balaban J connectivity index is 1.52. The highest BCUT2D eigenvalue weighted by Crippen LogP contribution is 2.32. The van der Waals surface area contributed by atoms with Gasteiger partial charge in [-0.3, -0.25) is 0 Å². The lowest BCUT2D eigenvalue weighted by Crippen LogP contribution is -2.25. The first kappa shape index (κ1) is 20.8. The van der Waals surface area contributed by atoms with E-state index >= 15 is 0 Å². The van der Waals surface area contributed by atoms with Gasteiger partial charge in [0.2, 0.25) is 0 Å². The van der Waals surface area contributed by atoms with E-state index in [1.807, 2.05) is 53.1 Å². The second-order valence-corrected chi connectivity index (χ2v) is 8.82. The molecule has 1 aliphatic rings. The highest BCUT2D eigenvalue weighted by atomic mass is 35.5. The Bertz CT molecular complexity index is 1280. The van der Waals surface area contributed by atoms with Gasteiger partial charge in [0.15, 0.2) is 0 Å². The maximum absolute atomic E-state index is 12.4. The summed E-state index contributed by atoms with van der Waals surface area (Å²) < 4.78 is 1.91. The maximum Gasteiger partial charge on any atom is 0.352 e. The smallest absolute Gasteiger partial charge is 0.352 e. The molecular weight excluding hydrogens is 420 g/mol. The summed E-state index contributed by atoms with van der Waals surface area (Å²) in [6, 6.07) is 24.3. The van der Waals surface area contributed by atoms with Crippen LogP contribution < -0.4 is 5.32 Å². The minimum atomic E-state index is -0.906. The number of benzene rings is 3. The molecule has 32 heavy (non-hydrogen) atoms. The van der Waals surface area contributed by atoms with Crippen molar-refractivity contribution in [1.29, 1.82) is 0 Å². The topological polar surface area (TPSA) is 54.3 Å². The number of aryl methyl sites for hydroxylation is 1. The number of fused-ring (bicyclic) bond motifs is 2. The summed E-state index contributed by atoms with van der Waals surface area (Å²) in [5.41, 5.74) is 5.85. The SMILES string of the molecule is O=C(O)c1c(CNC2CCCc3ccccc32)c2ccccc2n1Cc1ccc(Cl)cc1. The van der Waals surface area contributed by atoms with Crippen molar-refractivity contribution in [3.05, 3.63) is 106 Å². The average molecular weight is 445 g/mol. The number of aromatic nitrogens is 1. The first-order chi connectivity index (χ1) is 15.6. The highest BCUT2D eigenvalue weighted by Gasteiger charge is 2.24. The van der Waals surface area contributed by atoms with Crippen LogP contribution in [0.3, 0.4) is 0 Å². The molecule has 1 unspecified atom stereocenters. The number of rotatable bonds is 6. The van der Waals surface area contributed by atoms with Crippen molar-refractivity contribution in [3.63, 3.8) is 0 Å². The third-order valence-corrected chi connectivity index (χ3v) is 6.68. The van der Waals surface area contributed by atoms with Crippen LogP contribution in [0.5, 0.6) is 0 Å². The summed E-state index contributed by atoms with van der Waals surface area (Å²) in [6.45, 7) is 0.986. The lowest BCUT2D eigenvalue weighted by molar-refractivity contribution is 0.0684. The number of halogens is 1. The van der Waals surface area contributed by atoms with Crippen LogP contribution in [0.25, 0.3) is 10.9 Å². The van der Waals surface area contributed by atoms with E-state index in [4.69, 9.17) is 11.6 Å². The fourth-order valence-electron chi connectivity index (χ4n) is 4.93. The van der Waals surface area contributed by atoms with Crippen LogP contribution in [0.1, 0.15) is 51.6 Å². The van der Waals surface area contributed by atoms with Crippen molar-refractivity contribution < 1.29 is 9.90 Å². The molecule has 3 aromatic carbocycles. The molecule has 0 saturated carbocycles. The molecule has 1 aliphatic carbocycles. The van der Waals surface area contributed by atoms with Crippen LogP contribution in [0.4, 0.5) is 0 Å². The number of carbonyl (C=O) groups is 1. The Labute approximate surface area is 192 Å². The molecule has 0 radical (unpaired) electrons. The quantitative estimate of drug-likeness (QED) is 0.371. The summed E-state index contributed by atoms with van der Waals surface area (Å²) in [4.78, 5) is 12.4. The predicted octanol–water partition coefficient (Wildman–Crippen LogP) is 6.21. The van der Waals surface area contributed by atoms with Gasteiger partial charge >= 0.3 is 5.97 Å². The largest absolute Gasteiger partial charge is 0.477 e. The van der Waals surface area contributed by atoms with E-state index in [9.17, 15) is 9.90 Å². The molecule has 162 valence electrons. The van der Waals surface area contributed by atoms with Crippen LogP contribution in [0.15, 0.2) is 72.8 Å². The van der Waals surface area contributed by atoms with Gasteiger partial charge in [-0.1, -0.05) is 66.2 Å². The number of hydrogen-bond acceptors (Lipinski definition) is 2. The monoisotopic (exact) mass is 444 g/mol. The first-order valence-corrected chi connectivity index (χ1v) is 11.4. The summed E-state index contributed by atoms with van der Waals surface area (Å²) in [5.74, 6) is -0.906. The standard InChI is InChI=1S/C27H25ClN2O2/c28-20-14-12-18(13-15-20)17-30-25-11-4-3-9-22(25)23(26(30)27(31)32)16-29-24-10-5-7-19-6-1-2-8-21(19)24/h1-4,6,8-9,11-15,24,29H,5,7,10,16-17H2,(H,31,32). The van der Waals surface area contributed by atoms with Crippen molar-refractivity contribution in [2.45, 2.75) is 38.4 Å². The highest BCUT2D eigenvalue weighted by molar-refractivity contribution is 6.30. The molecule has 1 aromatic heterocycles. The van der Waals surface area contributed by atoms with E-state index in [0.29, 0.717) is 23.8 Å². The van der Waals surface area contributed by atoms with Gasteiger partial charge in [0, 0.05) is 40.6 Å². The van der Waals surface area contributed by atoms with Gasteiger partial charge in [0.25, 0.3) is 0 Å². The summed E-state index contributed by atoms with van der Waals surface area (Å²) >= 11 is 6.04. The molecule has 2 N–H and O–H groups in total. The van der Waals surface area contributed by atoms with Crippen molar-refractivity contribution in [3.8, 4) is 0 Å². The molecule has 0 amide bonds. The normalized spacial score (nSPS) is 15.6. The van der Waals surface area contributed by atoms with E-state index in [2.05, 4.69) is 29.6 Å². The van der Waals surface area contributed by atoms with Crippen LogP contribution in [0, 0.1) is 0 Å². The molecule has 4 aromatic rings. The van der Waals surface area contributed by atoms with Gasteiger partial charge in [-0.2, -0.15) is 0 Å². The number of carboxylic acids is 1. The Morgan fingerprint density at radius 1 is 1.03 bits per heavy atom. The fourth-order valence-corrected chi connectivity index (χ4v) is 5.05. The molecule has 5 heteroatoms. The van der Waals surface area contributed by atoms with Gasteiger partial charge in [-0.25, -0.2) is 4.79 Å². The van der Waals surface area contributed by atoms with Crippen LogP contribution in [-0.2, 0) is 19.5 Å². The van der Waals surface area contributed by atoms with Gasteiger partial charge in [-0.15, -0.1) is 0 Å². The van der Waals surface area contributed by atoms with Gasteiger partial charge < -0.3 is 15.0 Å². The molecule has 1 atom stereocenters. The van der Waals surface area contributed by atoms with Gasteiger partial charge in [0.1, 0.15) is 5.69 Å². The zero-order valence-corrected chi connectivity index (χ0v) is 18.5. The average Bonchev–Trinajstić information content (AvgIpc) is 3.12. The van der Waals surface area contributed by atoms with Crippen molar-refractivity contribution in [2.24, 2.45) is 0 Å². The van der Waals surface area contributed by atoms with Crippen molar-refractivity contribution in [1.82, 2.24) is 9.88 Å². The third-order valence-electron chi connectivity index (χ3n) is 6.43. The molecule has 1 heterocycles. The fraction of sp³-hybridized carbons (Fsp3) is 0.222. The molecule has 0 spiro atoms. The van der Waals surface area contributed by atoms with E-state index in [1.54, 1.807) is 0 Å². The Morgan fingerprint density at radius 3 is 2.59 bits per heavy atom. The van der Waals surface area contributed by atoms with E-state index in [0.717, 1.165) is 41.3 Å². The number of hydrogen-bond donors (Lipinski definition) is 2. The summed E-state index contributed by atoms with van der Waals surface area (Å²) in [7, 11) is 0. The predicted molar refractivity (Wildman–Crippen MR) is 128 cm³/mol. The molecular formula is C27H25ClN2O2. The van der Waals surface area contributed by atoms with Crippen LogP contribution in [0.2, 0.25) is 5.02 Å². The van der Waals surface area contributed by atoms with Crippen molar-refractivity contribution >= 4 is 28.5 Å². The summed E-state index contributed by atoms with van der Waals surface area (Å²) in [6.07, 6.45) is 3.30. The second-order valence-electron chi connectivity index (χ2n) is 8.39. The number of carboxylic acid groups (broad SMARTS) is 1. The molecule has 0 aliphatic heterocycles. The zero-order valence-electron chi connectivity index (χ0n) is 17.7. The van der Waals surface area contributed by atoms with Crippen LogP contribution >= 0.6 is 11.6 Å². The first-order valence-electron chi connectivity index (χ1n) is 11.0. The Hall–Kier alpha value is -3.08. The lowest BCUT2D eigenvalue weighted by Gasteiger charge is -2.26. The molecule has 0 fully saturated rings. The zero-order chi connectivity index (χ0) is 22.1. The van der Waals surface area contributed by atoms with Gasteiger partial charge in [0.05, 0.1) is 0 Å². The Morgan fingerprint density at radius 2 is 1.78 bits per heavy atom. The number of nitrogens with one attached hydrogen (secondary N) is 1. The van der Waals surface area contributed by atoms with E-state index in [-0.39, 0.29) is 6.04 Å². The molecule has 0 bridgehead atoms. The molecule has 0 saturated heterocycles. The minimum Gasteiger partial charge on any atom is -0.477 e. The minimum absolute atomic E-state index is 0.236. The number of nitrogens with zero attached hydrogens (tertiary/aromatic N) is 1. The number of aromatic carboxylic acids is 1. The maximum atomic E-state index is 12.4. The van der Waals surface area contributed by atoms with Crippen molar-refractivity contribution in [2.75, 3.05) is 0 Å². The number of para-hydroxylation sites is 1. The molecule has 5 rings (SSSR count). The summed E-state index contributed by atoms with van der Waals surface area (Å²) in [5, 5.41) is 15.5. The van der Waals surface area contributed by atoms with Gasteiger partial charge in [-0.05, 0) is 54.2 Å². The lowest BCUT2D eigenvalue weighted by atomic mass is 9.87.